The van der Waals surface area contributed by atoms with E-state index in [2.05, 4.69) is 22.2 Å². The first-order chi connectivity index (χ1) is 7.20. The predicted molar refractivity (Wildman–Crippen MR) is 59.1 cm³/mol. The van der Waals surface area contributed by atoms with Crippen LogP contribution in [0.5, 0.6) is 0 Å². The molecule has 1 aromatic rings. The van der Waals surface area contributed by atoms with Gasteiger partial charge in [-0.05, 0) is 19.8 Å². The minimum Gasteiger partial charge on any atom is -0.373 e. The average molecular weight is 228 g/mol. The Morgan fingerprint density at radius 3 is 3.20 bits per heavy atom. The van der Waals surface area contributed by atoms with Gasteiger partial charge in [-0.15, -0.1) is 0 Å². The van der Waals surface area contributed by atoms with E-state index in [0.29, 0.717) is 10.8 Å². The Labute approximate surface area is 94.0 Å². The number of halogens is 1. The summed E-state index contributed by atoms with van der Waals surface area (Å²) >= 11 is 5.93. The summed E-state index contributed by atoms with van der Waals surface area (Å²) in [7, 11) is 0. The molecule has 0 radical (unpaired) electrons. The van der Waals surface area contributed by atoms with Gasteiger partial charge >= 0.3 is 0 Å². The molecule has 0 aromatic carbocycles. The molecule has 1 saturated heterocycles. The molecule has 0 saturated carbocycles. The average Bonchev–Trinajstić information content (AvgIpc) is 2.65. The van der Waals surface area contributed by atoms with Crippen molar-refractivity contribution in [1.82, 2.24) is 9.97 Å². The molecule has 0 amide bonds. The van der Waals surface area contributed by atoms with Crippen molar-refractivity contribution in [3.05, 3.63) is 17.5 Å². The molecule has 1 aliphatic heterocycles. The molecule has 1 fully saturated rings. The molecule has 1 aliphatic rings. The summed E-state index contributed by atoms with van der Waals surface area (Å²) < 4.78 is 5.65. The van der Waals surface area contributed by atoms with Crippen molar-refractivity contribution < 1.29 is 4.74 Å². The lowest BCUT2D eigenvalue weighted by atomic mass is 10.0. The highest BCUT2D eigenvalue weighted by molar-refractivity contribution is 6.32. The van der Waals surface area contributed by atoms with Crippen molar-refractivity contribution in [3.8, 4) is 0 Å². The molecule has 1 N–H and O–H groups in total. The molecule has 4 nitrogen and oxygen atoms in total. The van der Waals surface area contributed by atoms with Gasteiger partial charge in [0.15, 0.2) is 0 Å². The number of hydrogen-bond donors (Lipinski definition) is 1. The Kier molecular flexibility index (Phi) is 3.07. The number of hydrogen-bond acceptors (Lipinski definition) is 4. The van der Waals surface area contributed by atoms with Crippen molar-refractivity contribution in [1.29, 1.82) is 0 Å². The van der Waals surface area contributed by atoms with Crippen LogP contribution in [0.1, 0.15) is 19.8 Å². The molecule has 1 atom stereocenters. The predicted octanol–water partition coefficient (Wildman–Crippen LogP) is 2.11. The van der Waals surface area contributed by atoms with Crippen LogP contribution in [-0.4, -0.2) is 28.7 Å². The van der Waals surface area contributed by atoms with Gasteiger partial charge in [-0.3, -0.25) is 0 Å². The third kappa shape index (κ3) is 2.58. The second-order valence-electron chi connectivity index (χ2n) is 3.97. The number of aromatic nitrogens is 2. The van der Waals surface area contributed by atoms with Gasteiger partial charge in [-0.1, -0.05) is 11.6 Å². The minimum atomic E-state index is -0.0890. The van der Waals surface area contributed by atoms with Crippen LogP contribution in [0.2, 0.25) is 5.02 Å². The van der Waals surface area contributed by atoms with Crippen LogP contribution in [0.3, 0.4) is 0 Å². The van der Waals surface area contributed by atoms with E-state index in [1.54, 1.807) is 6.20 Å². The molecule has 2 heterocycles. The molecule has 0 bridgehead atoms. The molecule has 15 heavy (non-hydrogen) atoms. The zero-order valence-corrected chi connectivity index (χ0v) is 9.42. The van der Waals surface area contributed by atoms with Gasteiger partial charge in [-0.25, -0.2) is 9.97 Å². The van der Waals surface area contributed by atoms with E-state index in [0.717, 1.165) is 26.0 Å². The molecule has 1 unspecified atom stereocenters. The van der Waals surface area contributed by atoms with Gasteiger partial charge in [0.05, 0.1) is 11.8 Å². The highest BCUT2D eigenvalue weighted by Crippen LogP contribution is 2.26. The summed E-state index contributed by atoms with van der Waals surface area (Å²) in [5.41, 5.74) is -0.0890. The van der Waals surface area contributed by atoms with Gasteiger partial charge in [-0.2, -0.15) is 0 Å². The summed E-state index contributed by atoms with van der Waals surface area (Å²) in [6, 6.07) is 0. The molecule has 5 heteroatoms. The van der Waals surface area contributed by atoms with E-state index in [9.17, 15) is 0 Å². The lowest BCUT2D eigenvalue weighted by Crippen LogP contribution is -2.32. The Balaban J connectivity index is 1.95. The fraction of sp³-hybridized carbons (Fsp3) is 0.600. The fourth-order valence-electron chi connectivity index (χ4n) is 1.69. The van der Waals surface area contributed by atoms with Crippen molar-refractivity contribution in [2.24, 2.45) is 0 Å². The van der Waals surface area contributed by atoms with Gasteiger partial charge in [0.25, 0.3) is 0 Å². The van der Waals surface area contributed by atoms with Crippen molar-refractivity contribution >= 4 is 17.4 Å². The zero-order valence-electron chi connectivity index (χ0n) is 8.66. The second-order valence-corrected chi connectivity index (χ2v) is 4.38. The molecular weight excluding hydrogens is 214 g/mol. The maximum atomic E-state index is 5.93. The number of nitrogens with zero attached hydrogens (tertiary/aromatic N) is 2. The molecular formula is C10H14ClN3O. The second kappa shape index (κ2) is 4.33. The number of rotatable bonds is 3. The normalized spacial score (nSPS) is 25.5. The van der Waals surface area contributed by atoms with Crippen LogP contribution in [0.25, 0.3) is 0 Å². The quantitative estimate of drug-likeness (QED) is 0.859. The summed E-state index contributed by atoms with van der Waals surface area (Å²) in [6.45, 7) is 3.67. The molecule has 82 valence electrons. The van der Waals surface area contributed by atoms with E-state index >= 15 is 0 Å². The molecule has 2 rings (SSSR count). The Bertz CT molecular complexity index is 339. The van der Waals surface area contributed by atoms with Crippen LogP contribution >= 0.6 is 11.6 Å². The highest BCUT2D eigenvalue weighted by Gasteiger charge is 2.29. The monoisotopic (exact) mass is 227 g/mol. The Morgan fingerprint density at radius 2 is 2.53 bits per heavy atom. The number of anilines is 1. The van der Waals surface area contributed by atoms with Crippen LogP contribution in [0.4, 0.5) is 5.82 Å². The first kappa shape index (κ1) is 10.6. The van der Waals surface area contributed by atoms with E-state index in [4.69, 9.17) is 16.3 Å². The van der Waals surface area contributed by atoms with Crippen LogP contribution < -0.4 is 5.32 Å². The summed E-state index contributed by atoms with van der Waals surface area (Å²) in [6.07, 6.45) is 5.25. The zero-order chi connectivity index (χ0) is 10.7. The van der Waals surface area contributed by atoms with Gasteiger partial charge in [0.1, 0.15) is 17.2 Å². The first-order valence-electron chi connectivity index (χ1n) is 5.03. The lowest BCUT2D eigenvalue weighted by molar-refractivity contribution is 0.0315. The SMILES string of the molecule is CC1(CNc2ncncc2Cl)CCCO1. The lowest BCUT2D eigenvalue weighted by Gasteiger charge is -2.23. The van der Waals surface area contributed by atoms with Gasteiger partial charge < -0.3 is 10.1 Å². The van der Waals surface area contributed by atoms with E-state index in [1.165, 1.54) is 6.33 Å². The largest absolute Gasteiger partial charge is 0.373 e. The Morgan fingerprint density at radius 1 is 1.67 bits per heavy atom. The van der Waals surface area contributed by atoms with Crippen molar-refractivity contribution in [2.75, 3.05) is 18.5 Å². The smallest absolute Gasteiger partial charge is 0.148 e. The van der Waals surface area contributed by atoms with Crippen LogP contribution in [-0.2, 0) is 4.74 Å². The topological polar surface area (TPSA) is 47.0 Å². The summed E-state index contributed by atoms with van der Waals surface area (Å²) in [5, 5.41) is 3.73. The number of nitrogens with one attached hydrogen (secondary N) is 1. The van der Waals surface area contributed by atoms with E-state index < -0.39 is 0 Å². The van der Waals surface area contributed by atoms with Gasteiger partial charge in [0, 0.05) is 13.2 Å². The van der Waals surface area contributed by atoms with Crippen molar-refractivity contribution in [3.63, 3.8) is 0 Å². The standard InChI is InChI=1S/C10H14ClN3O/c1-10(3-2-4-15-10)6-13-9-8(11)5-12-7-14-9/h5,7H,2-4,6H2,1H3,(H,12,13,14). The first-order valence-corrected chi connectivity index (χ1v) is 5.41. The third-order valence-electron chi connectivity index (χ3n) is 2.60. The fourth-order valence-corrected chi connectivity index (χ4v) is 1.86. The van der Waals surface area contributed by atoms with Crippen LogP contribution in [0, 0.1) is 0 Å². The highest BCUT2D eigenvalue weighted by atomic mass is 35.5. The molecule has 0 spiro atoms. The summed E-state index contributed by atoms with van der Waals surface area (Å²) in [4.78, 5) is 7.89. The van der Waals surface area contributed by atoms with Gasteiger partial charge in [0.2, 0.25) is 0 Å². The Hall–Kier alpha value is -0.870. The van der Waals surface area contributed by atoms with E-state index in [1.807, 2.05) is 0 Å². The maximum Gasteiger partial charge on any atom is 0.148 e. The van der Waals surface area contributed by atoms with Crippen molar-refractivity contribution in [2.45, 2.75) is 25.4 Å². The van der Waals surface area contributed by atoms with E-state index in [-0.39, 0.29) is 5.60 Å². The number of ether oxygens (including phenoxy) is 1. The molecule has 1 aromatic heterocycles. The third-order valence-corrected chi connectivity index (χ3v) is 2.87. The molecule has 0 aliphatic carbocycles. The van der Waals surface area contributed by atoms with Crippen LogP contribution in [0.15, 0.2) is 12.5 Å². The summed E-state index contributed by atoms with van der Waals surface area (Å²) in [5.74, 6) is 0.670. The maximum absolute atomic E-state index is 5.93. The minimum absolute atomic E-state index is 0.0890.